The van der Waals surface area contributed by atoms with Gasteiger partial charge in [-0.2, -0.15) is 0 Å². The van der Waals surface area contributed by atoms with Crippen molar-refractivity contribution in [1.29, 1.82) is 0 Å². The van der Waals surface area contributed by atoms with E-state index in [4.69, 9.17) is 16.1 Å². The fraction of sp³-hybridized carbons (Fsp3) is 0.118. The van der Waals surface area contributed by atoms with Crippen LogP contribution in [0.2, 0.25) is 5.02 Å². The van der Waals surface area contributed by atoms with E-state index in [1.807, 2.05) is 0 Å². The van der Waals surface area contributed by atoms with E-state index in [9.17, 15) is 21.6 Å². The number of hydrogen-bond acceptors (Lipinski definition) is 4. The van der Waals surface area contributed by atoms with Gasteiger partial charge in [-0.05, 0) is 29.8 Å². The van der Waals surface area contributed by atoms with Crippen LogP contribution in [0.5, 0.6) is 0 Å². The summed E-state index contributed by atoms with van der Waals surface area (Å²) in [5, 5.41) is 4.12. The molecule has 0 amide bonds. The second-order valence-corrected chi connectivity index (χ2v) is 7.92. The fourth-order valence-corrected chi connectivity index (χ4v) is 3.35. The number of halogens is 4. The van der Waals surface area contributed by atoms with Crippen molar-refractivity contribution in [2.75, 3.05) is 6.26 Å². The third kappa shape index (κ3) is 3.47. The molecule has 0 saturated carbocycles. The summed E-state index contributed by atoms with van der Waals surface area (Å²) < 4.78 is 68.7. The molecule has 0 bridgehead atoms. The summed E-state index contributed by atoms with van der Waals surface area (Å²) >= 11 is 5.82. The lowest BCUT2D eigenvalue weighted by Crippen LogP contribution is -2.01. The first-order chi connectivity index (χ1) is 12.2. The molecule has 0 atom stereocenters. The van der Waals surface area contributed by atoms with Crippen LogP contribution in [0.4, 0.5) is 13.2 Å². The lowest BCUT2D eigenvalue weighted by atomic mass is 9.99. The molecule has 0 fully saturated rings. The van der Waals surface area contributed by atoms with E-state index >= 15 is 0 Å². The number of nitrogens with zero attached hydrogens (tertiary/aromatic N) is 1. The fourth-order valence-electron chi connectivity index (χ4n) is 2.49. The molecule has 3 rings (SSSR count). The van der Waals surface area contributed by atoms with Crippen molar-refractivity contribution in [3.05, 3.63) is 59.1 Å². The summed E-state index contributed by atoms with van der Waals surface area (Å²) in [7, 11) is -3.79. The van der Waals surface area contributed by atoms with Gasteiger partial charge < -0.3 is 4.52 Å². The minimum absolute atomic E-state index is 0.0244. The Bertz CT molecular complexity index is 1060. The predicted octanol–water partition coefficient (Wildman–Crippen LogP) is 5.14. The zero-order valence-corrected chi connectivity index (χ0v) is 14.8. The van der Waals surface area contributed by atoms with E-state index in [2.05, 4.69) is 5.16 Å². The highest BCUT2D eigenvalue weighted by Crippen LogP contribution is 2.39. The molecule has 1 heterocycles. The Morgan fingerprint density at radius 3 is 2.23 bits per heavy atom. The standard InChI is InChI=1S/C17H11ClF3NO3S/c1-26(23,24)13-7-4-10(8-12(13)19)14-15(22-25-16(14)17(20)21)9-2-5-11(18)6-3-9/h2-8,17H,1H3. The van der Waals surface area contributed by atoms with Crippen molar-refractivity contribution in [3.8, 4) is 22.4 Å². The minimum atomic E-state index is -3.79. The maximum absolute atomic E-state index is 14.2. The molecule has 26 heavy (non-hydrogen) atoms. The summed E-state index contributed by atoms with van der Waals surface area (Å²) in [6, 6.07) is 9.33. The highest BCUT2D eigenvalue weighted by atomic mass is 35.5. The van der Waals surface area contributed by atoms with Crippen LogP contribution < -0.4 is 0 Å². The molecular formula is C17H11ClF3NO3S. The van der Waals surface area contributed by atoms with Gasteiger partial charge in [0.05, 0.1) is 5.56 Å². The van der Waals surface area contributed by atoms with E-state index < -0.39 is 32.7 Å². The topological polar surface area (TPSA) is 60.2 Å². The normalized spacial score (nSPS) is 11.9. The molecule has 0 aliphatic heterocycles. The predicted molar refractivity (Wildman–Crippen MR) is 90.4 cm³/mol. The molecule has 2 aromatic carbocycles. The van der Waals surface area contributed by atoms with Crippen LogP contribution in [-0.4, -0.2) is 19.8 Å². The van der Waals surface area contributed by atoms with Gasteiger partial charge in [0.15, 0.2) is 9.84 Å². The monoisotopic (exact) mass is 401 g/mol. The van der Waals surface area contributed by atoms with Crippen LogP contribution in [0.25, 0.3) is 22.4 Å². The molecule has 0 N–H and O–H groups in total. The van der Waals surface area contributed by atoms with Gasteiger partial charge in [-0.1, -0.05) is 35.0 Å². The molecule has 0 aliphatic rings. The smallest absolute Gasteiger partial charge is 0.298 e. The van der Waals surface area contributed by atoms with Crippen LogP contribution >= 0.6 is 11.6 Å². The first-order valence-electron chi connectivity index (χ1n) is 7.22. The molecule has 136 valence electrons. The molecule has 0 spiro atoms. The van der Waals surface area contributed by atoms with Crippen LogP contribution in [0.15, 0.2) is 51.9 Å². The number of alkyl halides is 2. The maximum Gasteiger partial charge on any atom is 0.298 e. The van der Waals surface area contributed by atoms with Crippen molar-refractivity contribution in [3.63, 3.8) is 0 Å². The summed E-state index contributed by atoms with van der Waals surface area (Å²) in [6.07, 6.45) is -2.13. The molecule has 0 aliphatic carbocycles. The maximum atomic E-state index is 14.2. The lowest BCUT2D eigenvalue weighted by molar-refractivity contribution is 0.113. The Hall–Kier alpha value is -2.32. The molecular weight excluding hydrogens is 391 g/mol. The van der Waals surface area contributed by atoms with E-state index in [0.717, 1.165) is 18.4 Å². The van der Waals surface area contributed by atoms with Crippen LogP contribution in [-0.2, 0) is 9.84 Å². The largest absolute Gasteiger partial charge is 0.354 e. The van der Waals surface area contributed by atoms with Gasteiger partial charge in [0.25, 0.3) is 6.43 Å². The Labute approximate surface area is 152 Å². The Kier molecular flexibility index (Phi) is 4.81. The first kappa shape index (κ1) is 18.5. The van der Waals surface area contributed by atoms with E-state index in [1.165, 1.54) is 6.07 Å². The average Bonchev–Trinajstić information content (AvgIpc) is 2.99. The molecule has 0 unspecified atom stereocenters. The number of sulfone groups is 1. The van der Waals surface area contributed by atoms with E-state index in [-0.39, 0.29) is 16.8 Å². The number of benzene rings is 2. The molecule has 3 aromatic rings. The molecule has 0 radical (unpaired) electrons. The lowest BCUT2D eigenvalue weighted by Gasteiger charge is -2.07. The number of aromatic nitrogens is 1. The van der Waals surface area contributed by atoms with Crippen LogP contribution in [0, 0.1) is 5.82 Å². The third-order valence-corrected chi connectivity index (χ3v) is 5.04. The minimum Gasteiger partial charge on any atom is -0.354 e. The van der Waals surface area contributed by atoms with Crippen molar-refractivity contribution in [2.45, 2.75) is 11.3 Å². The summed E-state index contributed by atoms with van der Waals surface area (Å²) in [4.78, 5) is -0.524. The number of hydrogen-bond donors (Lipinski definition) is 0. The van der Waals surface area contributed by atoms with Crippen LogP contribution in [0.3, 0.4) is 0 Å². The Morgan fingerprint density at radius 2 is 1.69 bits per heavy atom. The Balaban J connectivity index is 2.22. The van der Waals surface area contributed by atoms with Crippen LogP contribution in [0.1, 0.15) is 12.2 Å². The third-order valence-electron chi connectivity index (χ3n) is 3.65. The van der Waals surface area contributed by atoms with Gasteiger partial charge in [-0.3, -0.25) is 0 Å². The van der Waals surface area contributed by atoms with E-state index in [1.54, 1.807) is 24.3 Å². The van der Waals surface area contributed by atoms with Crippen molar-refractivity contribution < 1.29 is 26.1 Å². The van der Waals surface area contributed by atoms with E-state index in [0.29, 0.717) is 10.6 Å². The quantitative estimate of drug-likeness (QED) is 0.607. The molecule has 4 nitrogen and oxygen atoms in total. The van der Waals surface area contributed by atoms with Gasteiger partial charge in [-0.15, -0.1) is 0 Å². The second kappa shape index (κ2) is 6.77. The Morgan fingerprint density at radius 1 is 1.08 bits per heavy atom. The highest BCUT2D eigenvalue weighted by molar-refractivity contribution is 7.90. The van der Waals surface area contributed by atoms with Gasteiger partial charge in [0, 0.05) is 16.8 Å². The number of rotatable bonds is 4. The molecule has 0 saturated heterocycles. The zero-order chi connectivity index (χ0) is 19.1. The van der Waals surface area contributed by atoms with Crippen molar-refractivity contribution in [2.24, 2.45) is 0 Å². The summed E-state index contributed by atoms with van der Waals surface area (Å²) in [5.41, 5.74) is 0.425. The highest BCUT2D eigenvalue weighted by Gasteiger charge is 2.27. The molecule has 9 heteroatoms. The van der Waals surface area contributed by atoms with Gasteiger partial charge in [0.2, 0.25) is 5.76 Å². The summed E-state index contributed by atoms with van der Waals surface area (Å²) in [6.45, 7) is 0. The molecule has 1 aromatic heterocycles. The second-order valence-electron chi connectivity index (χ2n) is 5.50. The first-order valence-corrected chi connectivity index (χ1v) is 9.49. The van der Waals surface area contributed by atoms with Gasteiger partial charge >= 0.3 is 0 Å². The summed E-state index contributed by atoms with van der Waals surface area (Å²) in [5.74, 6) is -1.78. The van der Waals surface area contributed by atoms with Crippen molar-refractivity contribution in [1.82, 2.24) is 5.16 Å². The zero-order valence-electron chi connectivity index (χ0n) is 13.2. The van der Waals surface area contributed by atoms with Gasteiger partial charge in [-0.25, -0.2) is 21.6 Å². The SMILES string of the molecule is CS(=O)(=O)c1ccc(-c2c(-c3ccc(Cl)cc3)noc2C(F)F)cc1F. The van der Waals surface area contributed by atoms with Crippen molar-refractivity contribution >= 4 is 21.4 Å². The van der Waals surface area contributed by atoms with Gasteiger partial charge in [0.1, 0.15) is 16.4 Å². The average molecular weight is 402 g/mol.